The molecule has 1 fully saturated rings. The van der Waals surface area contributed by atoms with E-state index >= 15 is 0 Å². The van der Waals surface area contributed by atoms with Gasteiger partial charge in [-0.3, -0.25) is 4.79 Å². The van der Waals surface area contributed by atoms with Crippen LogP contribution >= 0.6 is 27.3 Å². The average molecular weight is 368 g/mol. The van der Waals surface area contributed by atoms with Crippen LogP contribution in [0.25, 0.3) is 0 Å². The standard InChI is InChI=1S/C11H14BrNO4S2/c1-7-5-8(18-9(7)12)19(16,17)13-6-11(10(14)15)3-2-4-11/h5,13H,2-4,6H2,1H3,(H,14,15). The van der Waals surface area contributed by atoms with Gasteiger partial charge in [0.2, 0.25) is 10.0 Å². The summed E-state index contributed by atoms with van der Waals surface area (Å²) in [6.45, 7) is 1.77. The van der Waals surface area contributed by atoms with Gasteiger partial charge in [0, 0.05) is 6.54 Å². The van der Waals surface area contributed by atoms with Crippen LogP contribution in [0, 0.1) is 12.3 Å². The Bertz CT molecular complexity index is 585. The lowest BCUT2D eigenvalue weighted by molar-refractivity contribution is -0.153. The Kier molecular flexibility index (Phi) is 4.06. The molecule has 1 saturated carbocycles. The van der Waals surface area contributed by atoms with Crippen LogP contribution in [0.5, 0.6) is 0 Å². The molecular formula is C11H14BrNO4S2. The maximum absolute atomic E-state index is 12.1. The highest BCUT2D eigenvalue weighted by Gasteiger charge is 2.45. The van der Waals surface area contributed by atoms with Crippen molar-refractivity contribution in [3.05, 3.63) is 15.4 Å². The average Bonchev–Trinajstić information content (AvgIpc) is 2.57. The molecule has 2 rings (SSSR count). The molecule has 0 unspecified atom stereocenters. The molecular weight excluding hydrogens is 354 g/mol. The van der Waals surface area contributed by atoms with Crippen LogP contribution in [0.1, 0.15) is 24.8 Å². The normalized spacial score (nSPS) is 18.0. The molecule has 5 nitrogen and oxygen atoms in total. The van der Waals surface area contributed by atoms with Crippen molar-refractivity contribution in [2.45, 2.75) is 30.4 Å². The highest BCUT2D eigenvalue weighted by atomic mass is 79.9. The maximum atomic E-state index is 12.1. The minimum absolute atomic E-state index is 0.0424. The molecule has 0 atom stereocenters. The van der Waals surface area contributed by atoms with Crippen LogP contribution in [0.3, 0.4) is 0 Å². The van der Waals surface area contributed by atoms with Gasteiger partial charge in [0.05, 0.1) is 9.20 Å². The summed E-state index contributed by atoms with van der Waals surface area (Å²) >= 11 is 4.40. The molecule has 0 aliphatic heterocycles. The monoisotopic (exact) mass is 367 g/mol. The molecule has 106 valence electrons. The van der Waals surface area contributed by atoms with Crippen molar-refractivity contribution in [1.82, 2.24) is 4.72 Å². The Labute approximate surface area is 124 Å². The van der Waals surface area contributed by atoms with E-state index in [1.807, 2.05) is 6.92 Å². The van der Waals surface area contributed by atoms with E-state index in [1.165, 1.54) is 0 Å². The molecule has 1 aromatic heterocycles. The van der Waals surface area contributed by atoms with Gasteiger partial charge in [0.1, 0.15) is 4.21 Å². The van der Waals surface area contributed by atoms with Gasteiger partial charge in [-0.2, -0.15) is 0 Å². The Morgan fingerprint density at radius 3 is 2.58 bits per heavy atom. The molecule has 1 aliphatic carbocycles. The summed E-state index contributed by atoms with van der Waals surface area (Å²) in [4.78, 5) is 11.2. The summed E-state index contributed by atoms with van der Waals surface area (Å²) in [6, 6.07) is 1.57. The van der Waals surface area contributed by atoms with Crippen molar-refractivity contribution in [2.75, 3.05) is 6.54 Å². The quantitative estimate of drug-likeness (QED) is 0.836. The highest BCUT2D eigenvalue weighted by molar-refractivity contribution is 9.11. The molecule has 0 amide bonds. The zero-order chi connectivity index (χ0) is 14.3. The summed E-state index contributed by atoms with van der Waals surface area (Å²) in [7, 11) is -3.63. The number of thiophene rings is 1. The molecule has 0 aromatic carbocycles. The summed E-state index contributed by atoms with van der Waals surface area (Å²) < 4.78 is 27.6. The molecule has 1 aromatic rings. The Balaban J connectivity index is 2.12. The number of aliphatic carboxylic acids is 1. The van der Waals surface area contributed by atoms with Crippen LogP contribution in [-0.4, -0.2) is 26.0 Å². The first-order chi connectivity index (χ1) is 8.77. The third-order valence-corrected chi connectivity index (χ3v) is 7.48. The number of carboxylic acid groups (broad SMARTS) is 1. The molecule has 2 N–H and O–H groups in total. The smallest absolute Gasteiger partial charge is 0.310 e. The number of sulfonamides is 1. The van der Waals surface area contributed by atoms with Crippen LogP contribution in [0.4, 0.5) is 0 Å². The Morgan fingerprint density at radius 2 is 2.21 bits per heavy atom. The van der Waals surface area contributed by atoms with Crippen molar-refractivity contribution < 1.29 is 18.3 Å². The second-order valence-corrected chi connectivity index (χ2v) is 9.15. The summed E-state index contributed by atoms with van der Waals surface area (Å²) in [5, 5.41) is 9.16. The van der Waals surface area contributed by atoms with Gasteiger partial charge in [0.15, 0.2) is 0 Å². The third-order valence-electron chi connectivity index (χ3n) is 3.46. The number of aryl methyl sites for hydroxylation is 1. The molecule has 0 spiro atoms. The number of carbonyl (C=O) groups is 1. The zero-order valence-corrected chi connectivity index (χ0v) is 13.5. The Morgan fingerprint density at radius 1 is 1.58 bits per heavy atom. The molecule has 0 saturated heterocycles. The van der Waals surface area contributed by atoms with Gasteiger partial charge >= 0.3 is 5.97 Å². The van der Waals surface area contributed by atoms with E-state index in [9.17, 15) is 13.2 Å². The summed E-state index contributed by atoms with van der Waals surface area (Å²) in [6.07, 6.45) is 1.88. The Hall–Kier alpha value is -0.440. The van der Waals surface area contributed by atoms with Crippen LogP contribution in [-0.2, 0) is 14.8 Å². The van der Waals surface area contributed by atoms with E-state index in [-0.39, 0.29) is 10.8 Å². The van der Waals surface area contributed by atoms with Gasteiger partial charge in [-0.1, -0.05) is 6.42 Å². The number of nitrogens with one attached hydrogen (secondary N) is 1. The van der Waals surface area contributed by atoms with Crippen molar-refractivity contribution in [3.63, 3.8) is 0 Å². The number of rotatable bonds is 5. The topological polar surface area (TPSA) is 83.5 Å². The molecule has 8 heteroatoms. The summed E-state index contributed by atoms with van der Waals surface area (Å²) in [5.41, 5.74) is -0.0710. The van der Waals surface area contributed by atoms with Gasteiger partial charge in [0.25, 0.3) is 0 Å². The predicted octanol–water partition coefficient (Wildman–Crippen LogP) is 2.35. The van der Waals surface area contributed by atoms with E-state index in [2.05, 4.69) is 20.7 Å². The molecule has 19 heavy (non-hydrogen) atoms. The van der Waals surface area contributed by atoms with E-state index in [0.717, 1.165) is 27.1 Å². The second-order valence-electron chi connectivity index (χ2n) is 4.79. The van der Waals surface area contributed by atoms with Crippen molar-refractivity contribution >= 4 is 43.3 Å². The van der Waals surface area contributed by atoms with Crippen LogP contribution < -0.4 is 4.72 Å². The highest BCUT2D eigenvalue weighted by Crippen LogP contribution is 2.41. The lowest BCUT2D eigenvalue weighted by Crippen LogP contribution is -2.47. The lowest BCUT2D eigenvalue weighted by Gasteiger charge is -2.37. The summed E-state index contributed by atoms with van der Waals surface area (Å²) in [5.74, 6) is -0.926. The fourth-order valence-corrected chi connectivity index (χ4v) is 5.34. The van der Waals surface area contributed by atoms with E-state index in [1.54, 1.807) is 6.07 Å². The fourth-order valence-electron chi connectivity index (χ4n) is 1.94. The van der Waals surface area contributed by atoms with Crippen molar-refractivity contribution in [1.29, 1.82) is 0 Å². The van der Waals surface area contributed by atoms with Crippen molar-refractivity contribution in [3.8, 4) is 0 Å². The maximum Gasteiger partial charge on any atom is 0.310 e. The number of halogens is 1. The van der Waals surface area contributed by atoms with Gasteiger partial charge < -0.3 is 5.11 Å². The van der Waals surface area contributed by atoms with Crippen LogP contribution in [0.15, 0.2) is 14.1 Å². The van der Waals surface area contributed by atoms with E-state index in [4.69, 9.17) is 5.11 Å². The van der Waals surface area contributed by atoms with Gasteiger partial charge in [-0.25, -0.2) is 13.1 Å². The minimum Gasteiger partial charge on any atom is -0.481 e. The third kappa shape index (κ3) is 2.86. The molecule has 1 aliphatic rings. The largest absolute Gasteiger partial charge is 0.481 e. The van der Waals surface area contributed by atoms with Crippen LogP contribution in [0.2, 0.25) is 0 Å². The first-order valence-electron chi connectivity index (χ1n) is 5.76. The zero-order valence-electron chi connectivity index (χ0n) is 10.3. The lowest BCUT2D eigenvalue weighted by atomic mass is 9.69. The number of carboxylic acids is 1. The first-order valence-corrected chi connectivity index (χ1v) is 8.85. The minimum atomic E-state index is -3.63. The van der Waals surface area contributed by atoms with Gasteiger partial charge in [-0.05, 0) is 47.3 Å². The first kappa shape index (κ1) is 15.0. The SMILES string of the molecule is Cc1cc(S(=O)(=O)NCC2(C(=O)O)CCC2)sc1Br. The molecule has 0 bridgehead atoms. The molecule has 1 heterocycles. The van der Waals surface area contributed by atoms with E-state index < -0.39 is 21.4 Å². The van der Waals surface area contributed by atoms with Gasteiger partial charge in [-0.15, -0.1) is 11.3 Å². The predicted molar refractivity (Wildman–Crippen MR) is 75.9 cm³/mol. The number of hydrogen-bond donors (Lipinski definition) is 2. The van der Waals surface area contributed by atoms with E-state index in [0.29, 0.717) is 12.8 Å². The second kappa shape index (κ2) is 5.16. The fraction of sp³-hybridized carbons (Fsp3) is 0.545. The number of hydrogen-bond acceptors (Lipinski definition) is 4. The van der Waals surface area contributed by atoms with Crippen molar-refractivity contribution in [2.24, 2.45) is 5.41 Å². The molecule has 0 radical (unpaired) electrons.